The van der Waals surface area contributed by atoms with Crippen LogP contribution in [0.2, 0.25) is 0 Å². The lowest BCUT2D eigenvalue weighted by Crippen LogP contribution is -2.38. The van der Waals surface area contributed by atoms with Crippen molar-refractivity contribution < 1.29 is 9.53 Å². The number of nitrogen functional groups attached to an aromatic ring is 1. The molecule has 1 aromatic carbocycles. The van der Waals surface area contributed by atoms with Crippen LogP contribution in [0.5, 0.6) is 0 Å². The van der Waals surface area contributed by atoms with E-state index in [9.17, 15) is 4.79 Å². The number of ether oxygens (including phenoxy) is 1. The molecule has 1 amide bonds. The molecule has 3 rings (SSSR count). The fourth-order valence-corrected chi connectivity index (χ4v) is 2.15. The summed E-state index contributed by atoms with van der Waals surface area (Å²) < 4.78 is 7.09. The van der Waals surface area contributed by atoms with Crippen molar-refractivity contribution in [2.45, 2.75) is 19.7 Å². The van der Waals surface area contributed by atoms with E-state index < -0.39 is 0 Å². The molecule has 0 atom stereocenters. The molecule has 104 valence electrons. The summed E-state index contributed by atoms with van der Waals surface area (Å²) in [7, 11) is 0. The number of nitrogens with two attached hydrogens (primary N) is 1. The second kappa shape index (κ2) is 5.20. The number of nitrogens with zero attached hydrogens (tertiary/aromatic N) is 4. The average molecular weight is 273 g/mol. The number of aromatic nitrogens is 3. The van der Waals surface area contributed by atoms with Gasteiger partial charge in [0.25, 0.3) is 0 Å². The molecule has 7 heteroatoms. The van der Waals surface area contributed by atoms with Gasteiger partial charge in [-0.1, -0.05) is 30.3 Å². The third kappa shape index (κ3) is 2.42. The van der Waals surface area contributed by atoms with Crippen LogP contribution in [0.15, 0.2) is 30.3 Å². The largest absolute Gasteiger partial charge is 0.445 e. The summed E-state index contributed by atoms with van der Waals surface area (Å²) in [6.45, 7) is 1.78. The first kappa shape index (κ1) is 12.5. The van der Waals surface area contributed by atoms with E-state index in [1.165, 1.54) is 0 Å². The quantitative estimate of drug-likeness (QED) is 0.882. The first-order chi connectivity index (χ1) is 9.74. The van der Waals surface area contributed by atoms with Gasteiger partial charge < -0.3 is 10.5 Å². The predicted molar refractivity (Wildman–Crippen MR) is 71.5 cm³/mol. The van der Waals surface area contributed by atoms with Crippen molar-refractivity contribution in [3.8, 4) is 0 Å². The minimum absolute atomic E-state index is 0.269. The van der Waals surface area contributed by atoms with Gasteiger partial charge in [0.2, 0.25) is 5.95 Å². The number of rotatable bonds is 2. The Morgan fingerprint density at radius 2 is 2.05 bits per heavy atom. The van der Waals surface area contributed by atoms with Crippen LogP contribution in [-0.2, 0) is 24.4 Å². The maximum absolute atomic E-state index is 12.0. The Bertz CT molecular complexity index is 610. The van der Waals surface area contributed by atoms with E-state index in [4.69, 9.17) is 10.5 Å². The molecule has 2 aromatic rings. The zero-order valence-corrected chi connectivity index (χ0v) is 10.9. The van der Waals surface area contributed by atoms with E-state index in [1.54, 1.807) is 9.47 Å². The number of amides is 1. The minimum Gasteiger partial charge on any atom is -0.445 e. The molecular weight excluding hydrogens is 258 g/mol. The number of hydrogen-bond acceptors (Lipinski definition) is 5. The van der Waals surface area contributed by atoms with E-state index in [0.717, 1.165) is 5.56 Å². The van der Waals surface area contributed by atoms with Crippen molar-refractivity contribution >= 4 is 12.0 Å². The Balaban J connectivity index is 1.59. The number of hydrogen-bond donors (Lipinski definition) is 1. The minimum atomic E-state index is -0.346. The SMILES string of the molecule is Nc1nnc2n1CCN(C(=O)OCc1ccccc1)C2. The molecule has 2 heterocycles. The van der Waals surface area contributed by atoms with E-state index in [1.807, 2.05) is 30.3 Å². The summed E-state index contributed by atoms with van der Waals surface area (Å²) >= 11 is 0. The average Bonchev–Trinajstić information content (AvgIpc) is 2.87. The van der Waals surface area contributed by atoms with Crippen LogP contribution in [0.3, 0.4) is 0 Å². The Labute approximate surface area is 116 Å². The Hall–Kier alpha value is -2.57. The lowest BCUT2D eigenvalue weighted by Gasteiger charge is -2.26. The van der Waals surface area contributed by atoms with Crippen LogP contribution < -0.4 is 5.73 Å². The van der Waals surface area contributed by atoms with Crippen molar-refractivity contribution in [3.05, 3.63) is 41.7 Å². The molecule has 1 aliphatic rings. The van der Waals surface area contributed by atoms with Crippen molar-refractivity contribution in [2.24, 2.45) is 0 Å². The molecule has 1 aromatic heterocycles. The predicted octanol–water partition coefficient (Wildman–Crippen LogP) is 1.01. The topological polar surface area (TPSA) is 86.3 Å². The van der Waals surface area contributed by atoms with Gasteiger partial charge in [-0.05, 0) is 5.56 Å². The summed E-state index contributed by atoms with van der Waals surface area (Å²) in [5.74, 6) is 1.07. The molecule has 20 heavy (non-hydrogen) atoms. The third-order valence-corrected chi connectivity index (χ3v) is 3.25. The summed E-state index contributed by atoms with van der Waals surface area (Å²) in [6.07, 6.45) is -0.346. The van der Waals surface area contributed by atoms with Gasteiger partial charge in [-0.2, -0.15) is 0 Å². The van der Waals surface area contributed by atoms with Crippen LogP contribution in [0.1, 0.15) is 11.4 Å². The van der Waals surface area contributed by atoms with E-state index in [-0.39, 0.29) is 12.7 Å². The molecule has 0 unspecified atom stereocenters. The van der Waals surface area contributed by atoms with Gasteiger partial charge in [0.05, 0.1) is 6.54 Å². The fraction of sp³-hybridized carbons (Fsp3) is 0.308. The highest BCUT2D eigenvalue weighted by atomic mass is 16.6. The molecule has 0 radical (unpaired) electrons. The van der Waals surface area contributed by atoms with Crippen molar-refractivity contribution in [2.75, 3.05) is 12.3 Å². The molecular formula is C13H15N5O2. The van der Waals surface area contributed by atoms with Gasteiger partial charge in [-0.25, -0.2) is 4.79 Å². The fourth-order valence-electron chi connectivity index (χ4n) is 2.15. The molecule has 0 saturated heterocycles. The van der Waals surface area contributed by atoms with Crippen molar-refractivity contribution in [3.63, 3.8) is 0 Å². The highest BCUT2D eigenvalue weighted by molar-refractivity contribution is 5.67. The van der Waals surface area contributed by atoms with Crippen LogP contribution in [0.25, 0.3) is 0 Å². The van der Waals surface area contributed by atoms with Gasteiger partial charge in [0.15, 0.2) is 5.82 Å². The normalized spacial score (nSPS) is 13.9. The second-order valence-corrected chi connectivity index (χ2v) is 4.59. The number of anilines is 1. The van der Waals surface area contributed by atoms with Crippen molar-refractivity contribution in [1.82, 2.24) is 19.7 Å². The van der Waals surface area contributed by atoms with Crippen LogP contribution in [0, 0.1) is 0 Å². The lowest BCUT2D eigenvalue weighted by atomic mass is 10.2. The Kier molecular flexibility index (Phi) is 3.24. The monoisotopic (exact) mass is 273 g/mol. The standard InChI is InChI=1S/C13H15N5O2/c14-12-16-15-11-8-17(6-7-18(11)12)13(19)20-9-10-4-2-1-3-5-10/h1-5H,6-9H2,(H2,14,16). The Morgan fingerprint density at radius 3 is 2.85 bits per heavy atom. The molecule has 7 nitrogen and oxygen atoms in total. The second-order valence-electron chi connectivity index (χ2n) is 4.59. The van der Waals surface area contributed by atoms with Crippen LogP contribution in [0.4, 0.5) is 10.7 Å². The molecule has 0 bridgehead atoms. The van der Waals surface area contributed by atoms with Gasteiger partial charge in [-0.15, -0.1) is 10.2 Å². The maximum atomic E-state index is 12.0. The van der Waals surface area contributed by atoms with Crippen LogP contribution in [-0.4, -0.2) is 32.3 Å². The van der Waals surface area contributed by atoms with Gasteiger partial charge >= 0.3 is 6.09 Å². The molecule has 0 aliphatic carbocycles. The summed E-state index contributed by atoms with van der Waals surface area (Å²) in [6, 6.07) is 9.58. The molecule has 1 aliphatic heterocycles. The smallest absolute Gasteiger partial charge is 0.410 e. The number of fused-ring (bicyclic) bond motifs is 1. The number of carbonyl (C=O) groups excluding carboxylic acids is 1. The summed E-state index contributed by atoms with van der Waals surface area (Å²) in [4.78, 5) is 13.6. The zero-order chi connectivity index (χ0) is 13.9. The van der Waals surface area contributed by atoms with Crippen molar-refractivity contribution in [1.29, 1.82) is 0 Å². The van der Waals surface area contributed by atoms with E-state index in [2.05, 4.69) is 10.2 Å². The summed E-state index contributed by atoms with van der Waals surface area (Å²) in [5, 5.41) is 7.74. The van der Waals surface area contributed by atoms with Gasteiger partial charge in [0.1, 0.15) is 6.61 Å². The van der Waals surface area contributed by atoms with E-state index >= 15 is 0 Å². The zero-order valence-electron chi connectivity index (χ0n) is 10.9. The van der Waals surface area contributed by atoms with Gasteiger partial charge in [0, 0.05) is 13.1 Å². The van der Waals surface area contributed by atoms with E-state index in [0.29, 0.717) is 31.4 Å². The Morgan fingerprint density at radius 1 is 1.25 bits per heavy atom. The number of benzene rings is 1. The maximum Gasteiger partial charge on any atom is 0.410 e. The lowest BCUT2D eigenvalue weighted by molar-refractivity contribution is 0.0863. The first-order valence-corrected chi connectivity index (χ1v) is 6.37. The molecule has 0 saturated carbocycles. The molecule has 2 N–H and O–H groups in total. The highest BCUT2D eigenvalue weighted by Crippen LogP contribution is 2.14. The highest BCUT2D eigenvalue weighted by Gasteiger charge is 2.24. The van der Waals surface area contributed by atoms with Gasteiger partial charge in [-0.3, -0.25) is 9.47 Å². The number of carbonyl (C=O) groups is 1. The first-order valence-electron chi connectivity index (χ1n) is 6.37. The molecule has 0 fully saturated rings. The van der Waals surface area contributed by atoms with Crippen LogP contribution >= 0.6 is 0 Å². The molecule has 0 spiro atoms. The third-order valence-electron chi connectivity index (χ3n) is 3.25. The summed E-state index contributed by atoms with van der Waals surface area (Å²) in [5.41, 5.74) is 6.64.